The van der Waals surface area contributed by atoms with Gasteiger partial charge in [-0.3, -0.25) is 4.79 Å². The van der Waals surface area contributed by atoms with E-state index in [1.165, 1.54) is 24.5 Å². The molecule has 1 aromatic carbocycles. The maximum absolute atomic E-state index is 14.4. The summed E-state index contributed by atoms with van der Waals surface area (Å²) in [5.41, 5.74) is 0.295. The third-order valence-electron chi connectivity index (χ3n) is 11.0. The molecule has 48 heavy (non-hydrogen) atoms. The number of nitrogens with one attached hydrogen (secondary N) is 1. The number of nitrogens with zero attached hydrogens (tertiary/aromatic N) is 8. The number of carbonyl (C=O) groups excluding carboxylic acids is 1. The smallest absolute Gasteiger partial charge is 0.282 e. The van der Waals surface area contributed by atoms with Gasteiger partial charge >= 0.3 is 0 Å². The largest absolute Gasteiger partial charge is 0.434 e. The summed E-state index contributed by atoms with van der Waals surface area (Å²) in [6.07, 6.45) is 5.33. The molecule has 3 atom stereocenters. The number of aromatic nitrogens is 3. The Kier molecular flexibility index (Phi) is 9.11. The molecule has 0 radical (unpaired) electrons. The van der Waals surface area contributed by atoms with Crippen LogP contribution in [-0.2, 0) is 10.2 Å². The lowest BCUT2D eigenvalue weighted by Gasteiger charge is -2.54. The summed E-state index contributed by atoms with van der Waals surface area (Å²) in [5.74, 6) is 0.471. The highest BCUT2D eigenvalue weighted by Gasteiger charge is 2.49. The van der Waals surface area contributed by atoms with E-state index in [1.54, 1.807) is 13.5 Å². The van der Waals surface area contributed by atoms with E-state index in [4.69, 9.17) is 4.74 Å². The Bertz CT molecular complexity index is 1600. The van der Waals surface area contributed by atoms with Crippen molar-refractivity contribution in [1.29, 1.82) is 0 Å². The summed E-state index contributed by atoms with van der Waals surface area (Å²) >= 11 is 0. The zero-order valence-electron chi connectivity index (χ0n) is 28.4. The van der Waals surface area contributed by atoms with Gasteiger partial charge in [0.05, 0.1) is 5.56 Å². The summed E-state index contributed by atoms with van der Waals surface area (Å²) in [6.45, 7) is 14.8. The highest BCUT2D eigenvalue weighted by atomic mass is 32.2. The molecule has 1 amide bonds. The topological polar surface area (TPSA) is 127 Å². The van der Waals surface area contributed by atoms with Crippen LogP contribution in [-0.4, -0.2) is 131 Å². The molecule has 0 unspecified atom stereocenters. The van der Waals surface area contributed by atoms with E-state index in [0.29, 0.717) is 37.4 Å². The summed E-state index contributed by atoms with van der Waals surface area (Å²) in [4.78, 5) is 24.4. The number of amides is 1. The van der Waals surface area contributed by atoms with Gasteiger partial charge in [0, 0.05) is 75.4 Å². The zero-order valence-corrected chi connectivity index (χ0v) is 29.2. The molecule has 2 aromatic rings. The van der Waals surface area contributed by atoms with Crippen LogP contribution in [0.1, 0.15) is 63.7 Å². The maximum atomic E-state index is 14.4. The first-order chi connectivity index (χ1) is 22.9. The third kappa shape index (κ3) is 6.39. The molecule has 15 heteroatoms. The highest BCUT2D eigenvalue weighted by molar-refractivity contribution is 7.86. The number of benzene rings is 1. The molecule has 13 nitrogen and oxygen atoms in total. The molecule has 1 N–H and O–H groups in total. The van der Waals surface area contributed by atoms with Crippen molar-refractivity contribution in [2.24, 2.45) is 11.3 Å². The number of piperazine rings is 1. The number of anilines is 1. The molecule has 6 heterocycles. The van der Waals surface area contributed by atoms with Gasteiger partial charge in [-0.2, -0.15) is 17.0 Å². The van der Waals surface area contributed by atoms with Crippen LogP contribution in [0.3, 0.4) is 0 Å². The molecule has 5 saturated heterocycles. The van der Waals surface area contributed by atoms with Gasteiger partial charge in [-0.05, 0) is 90.6 Å². The monoisotopic (exact) mass is 685 g/mol. The summed E-state index contributed by atoms with van der Waals surface area (Å²) in [7, 11) is -3.39. The van der Waals surface area contributed by atoms with Crippen LogP contribution in [0.25, 0.3) is 0 Å². The van der Waals surface area contributed by atoms with E-state index in [-0.39, 0.29) is 46.6 Å². The average Bonchev–Trinajstić information content (AvgIpc) is 3.80. The van der Waals surface area contributed by atoms with Crippen LogP contribution in [0.5, 0.6) is 11.6 Å². The molecule has 1 aromatic heterocycles. The predicted molar refractivity (Wildman–Crippen MR) is 179 cm³/mol. The maximum Gasteiger partial charge on any atom is 0.282 e. The molecule has 5 fully saturated rings. The lowest BCUT2D eigenvalue weighted by molar-refractivity contribution is 0.0640. The number of carbonyl (C=O) groups is 1. The van der Waals surface area contributed by atoms with Gasteiger partial charge in [0.1, 0.15) is 17.9 Å². The average molecular weight is 686 g/mol. The van der Waals surface area contributed by atoms with Crippen LogP contribution in [0, 0.1) is 17.2 Å². The molecule has 0 aliphatic carbocycles. The number of hydrogen-bond donors (Lipinski definition) is 1. The van der Waals surface area contributed by atoms with Crippen molar-refractivity contribution >= 4 is 21.9 Å². The Morgan fingerprint density at radius 1 is 1.12 bits per heavy atom. The molecule has 5 aliphatic rings. The second kappa shape index (κ2) is 13.0. The highest BCUT2D eigenvalue weighted by Crippen LogP contribution is 2.45. The standard InChI is InChI=1S/C33H48FN9O4S/c1-22(2)43(23(3)4)32(44)28-13-25(34)5-6-29(28)47-31-30(36-21-37-38-31)40-19-33(20-40)8-11-39(12-9-33)16-24-7-10-41(17-24)48(45,46)42-18-26-14-27(42)15-35-26/h5-6,13,21-24,26-27,35H,7-12,14-20H2,1-4H3/t24-,26+,27+/m1/s1. The Balaban J connectivity index is 0.942. The van der Waals surface area contributed by atoms with Gasteiger partial charge in [-0.1, -0.05) is 0 Å². The molecule has 262 valence electrons. The van der Waals surface area contributed by atoms with Crippen LogP contribution in [0.4, 0.5) is 10.2 Å². The first-order valence-electron chi connectivity index (χ1n) is 17.4. The molecular weight excluding hydrogens is 637 g/mol. The zero-order chi connectivity index (χ0) is 33.8. The number of rotatable bonds is 10. The number of piperidine rings is 1. The number of fused-ring (bicyclic) bond motifs is 2. The number of hydrogen-bond acceptors (Lipinski definition) is 10. The van der Waals surface area contributed by atoms with Crippen molar-refractivity contribution in [3.63, 3.8) is 0 Å². The quantitative estimate of drug-likeness (QED) is 0.399. The normalized spacial score (nSPS) is 26.1. The first-order valence-corrected chi connectivity index (χ1v) is 18.8. The van der Waals surface area contributed by atoms with Gasteiger partial charge in [0.2, 0.25) is 0 Å². The first kappa shape index (κ1) is 33.5. The predicted octanol–water partition coefficient (Wildman–Crippen LogP) is 2.58. The van der Waals surface area contributed by atoms with E-state index < -0.39 is 16.0 Å². The minimum Gasteiger partial charge on any atom is -0.434 e. The van der Waals surface area contributed by atoms with E-state index in [9.17, 15) is 17.6 Å². The van der Waals surface area contributed by atoms with Crippen molar-refractivity contribution in [2.75, 3.05) is 63.8 Å². The van der Waals surface area contributed by atoms with E-state index in [2.05, 4.69) is 30.3 Å². The Labute approximate surface area is 283 Å². The van der Waals surface area contributed by atoms with Gasteiger partial charge in [0.25, 0.3) is 22.0 Å². The fourth-order valence-corrected chi connectivity index (χ4v) is 10.5. The van der Waals surface area contributed by atoms with Gasteiger partial charge < -0.3 is 24.8 Å². The number of likely N-dealkylation sites (tertiary alicyclic amines) is 1. The second-order valence-corrected chi connectivity index (χ2v) is 16.9. The summed E-state index contributed by atoms with van der Waals surface area (Å²) < 4.78 is 50.7. The Morgan fingerprint density at radius 3 is 2.54 bits per heavy atom. The SMILES string of the molecule is CC(C)N(C(=O)c1cc(F)ccc1Oc1nncnc1N1CC2(CCN(C[C@H]3CCN(S(=O)(=O)N4C[C@@H]5C[C@H]4CN5)C3)CC2)C1)C(C)C. The van der Waals surface area contributed by atoms with Gasteiger partial charge in [-0.15, -0.1) is 10.2 Å². The van der Waals surface area contributed by atoms with Crippen molar-refractivity contribution in [1.82, 2.24) is 38.9 Å². The van der Waals surface area contributed by atoms with E-state index >= 15 is 0 Å². The second-order valence-electron chi connectivity index (χ2n) is 15.0. The molecule has 2 bridgehead atoms. The third-order valence-corrected chi connectivity index (χ3v) is 13.0. The van der Waals surface area contributed by atoms with Crippen LogP contribution >= 0.6 is 0 Å². The van der Waals surface area contributed by atoms with Crippen molar-refractivity contribution in [2.45, 2.75) is 77.5 Å². The summed E-state index contributed by atoms with van der Waals surface area (Å²) in [6, 6.07) is 4.19. The lowest BCUT2D eigenvalue weighted by atomic mass is 9.72. The van der Waals surface area contributed by atoms with Crippen molar-refractivity contribution in [3.8, 4) is 11.6 Å². The van der Waals surface area contributed by atoms with E-state index in [0.717, 1.165) is 65.0 Å². The van der Waals surface area contributed by atoms with Crippen LogP contribution in [0.2, 0.25) is 0 Å². The van der Waals surface area contributed by atoms with E-state index in [1.807, 2.05) is 27.7 Å². The van der Waals surface area contributed by atoms with Gasteiger partial charge in [-0.25, -0.2) is 9.37 Å². The van der Waals surface area contributed by atoms with Gasteiger partial charge in [0.15, 0.2) is 5.82 Å². The van der Waals surface area contributed by atoms with Crippen LogP contribution < -0.4 is 15.0 Å². The van der Waals surface area contributed by atoms with Crippen molar-refractivity contribution < 1.29 is 22.3 Å². The summed E-state index contributed by atoms with van der Waals surface area (Å²) in [5, 5.41) is 11.6. The Morgan fingerprint density at radius 2 is 1.88 bits per heavy atom. The van der Waals surface area contributed by atoms with Crippen molar-refractivity contribution in [3.05, 3.63) is 35.9 Å². The fraction of sp³-hybridized carbons (Fsp3) is 0.697. The fourth-order valence-electron chi connectivity index (χ4n) is 8.52. The number of ether oxygens (including phenoxy) is 1. The minimum absolute atomic E-state index is 0.0807. The molecule has 0 saturated carbocycles. The molecule has 1 spiro atoms. The minimum atomic E-state index is -3.39. The number of halogens is 1. The molecule has 5 aliphatic heterocycles. The lowest BCUT2D eigenvalue weighted by Crippen LogP contribution is -2.61. The Hall–Kier alpha value is -2.98. The molecular formula is C33H48FN9O4S. The molecule has 7 rings (SSSR count). The van der Waals surface area contributed by atoms with Crippen LogP contribution in [0.15, 0.2) is 24.5 Å².